The summed E-state index contributed by atoms with van der Waals surface area (Å²) in [5.41, 5.74) is 0. The predicted octanol–water partition coefficient (Wildman–Crippen LogP) is 6.30. The van der Waals surface area contributed by atoms with Gasteiger partial charge in [0.1, 0.15) is 6.61 Å². The van der Waals surface area contributed by atoms with Gasteiger partial charge in [-0.25, -0.2) is 0 Å². The van der Waals surface area contributed by atoms with Crippen LogP contribution in [-0.2, 0) is 14.3 Å². The van der Waals surface area contributed by atoms with E-state index in [0.29, 0.717) is 25.2 Å². The van der Waals surface area contributed by atoms with Crippen LogP contribution in [0, 0.1) is 0 Å². The van der Waals surface area contributed by atoms with E-state index in [9.17, 15) is 4.79 Å². The van der Waals surface area contributed by atoms with Crippen LogP contribution < -0.4 is 0 Å². The number of halogens is 1. The van der Waals surface area contributed by atoms with Gasteiger partial charge in [-0.2, -0.15) is 0 Å². The second-order valence-electron chi connectivity index (χ2n) is 8.88. The highest BCUT2D eigenvalue weighted by Crippen LogP contribution is 2.27. The first kappa shape index (κ1) is 26.7. The summed E-state index contributed by atoms with van der Waals surface area (Å²) in [7, 11) is 0. The summed E-state index contributed by atoms with van der Waals surface area (Å²) in [4.78, 5) is 14.1. The van der Waals surface area contributed by atoms with E-state index in [2.05, 4.69) is 11.8 Å². The maximum absolute atomic E-state index is 11.8. The molecule has 2 fully saturated rings. The highest BCUT2D eigenvalue weighted by Gasteiger charge is 2.24. The van der Waals surface area contributed by atoms with E-state index in [1.54, 1.807) is 0 Å². The Morgan fingerprint density at radius 1 is 0.897 bits per heavy atom. The van der Waals surface area contributed by atoms with Crippen molar-refractivity contribution in [2.45, 2.75) is 122 Å². The maximum atomic E-state index is 11.8. The van der Waals surface area contributed by atoms with Crippen LogP contribution in [0.3, 0.4) is 0 Å². The summed E-state index contributed by atoms with van der Waals surface area (Å²) in [6.07, 6.45) is 20.6. The lowest BCUT2D eigenvalue weighted by Crippen LogP contribution is -2.25. The third kappa shape index (κ3) is 12.9. The van der Waals surface area contributed by atoms with Gasteiger partial charge in [0.25, 0.3) is 0 Å². The van der Waals surface area contributed by atoms with E-state index in [4.69, 9.17) is 9.47 Å². The first-order valence-corrected chi connectivity index (χ1v) is 12.3. The molecule has 0 aromatic rings. The third-order valence-electron chi connectivity index (χ3n) is 6.35. The Balaban J connectivity index is 0.00000420. The predicted molar refractivity (Wildman–Crippen MR) is 123 cm³/mol. The lowest BCUT2D eigenvalue weighted by molar-refractivity contribution is -0.144. The summed E-state index contributed by atoms with van der Waals surface area (Å²) in [6, 6.07) is 0. The maximum Gasteiger partial charge on any atom is 0.305 e. The molecule has 0 aromatic carbocycles. The molecule has 0 amide bonds. The SMILES string of the molecule is CCCCCC1CCC(CCCCCCCCC(=O)OCCN2CCCC2)O1.Cl. The summed E-state index contributed by atoms with van der Waals surface area (Å²) in [5.74, 6) is -0.00827. The second kappa shape index (κ2) is 17.4. The molecule has 0 aromatic heterocycles. The lowest BCUT2D eigenvalue weighted by atomic mass is 10.0. The highest BCUT2D eigenvalue weighted by atomic mass is 35.5. The normalized spacial score (nSPS) is 22.0. The largest absolute Gasteiger partial charge is 0.464 e. The van der Waals surface area contributed by atoms with Crippen molar-refractivity contribution in [2.24, 2.45) is 0 Å². The van der Waals surface area contributed by atoms with Crippen molar-refractivity contribution in [3.05, 3.63) is 0 Å². The summed E-state index contributed by atoms with van der Waals surface area (Å²) in [6.45, 7) is 6.09. The van der Waals surface area contributed by atoms with Crippen molar-refractivity contribution >= 4 is 18.4 Å². The molecule has 2 unspecified atom stereocenters. The minimum Gasteiger partial charge on any atom is -0.464 e. The monoisotopic (exact) mass is 431 g/mol. The summed E-state index contributed by atoms with van der Waals surface area (Å²) < 4.78 is 11.5. The molecule has 172 valence electrons. The molecule has 2 rings (SSSR count). The molecule has 0 radical (unpaired) electrons. The number of rotatable bonds is 16. The number of carbonyl (C=O) groups is 1. The molecule has 2 saturated heterocycles. The molecule has 2 aliphatic heterocycles. The van der Waals surface area contributed by atoms with Gasteiger partial charge in [-0.15, -0.1) is 12.4 Å². The van der Waals surface area contributed by atoms with Crippen molar-refractivity contribution in [3.8, 4) is 0 Å². The van der Waals surface area contributed by atoms with Crippen LogP contribution in [0.4, 0.5) is 0 Å². The van der Waals surface area contributed by atoms with E-state index in [-0.39, 0.29) is 18.4 Å². The van der Waals surface area contributed by atoms with E-state index in [1.165, 1.54) is 96.6 Å². The number of unbranched alkanes of at least 4 members (excludes halogenated alkanes) is 7. The highest BCUT2D eigenvalue weighted by molar-refractivity contribution is 5.85. The van der Waals surface area contributed by atoms with Crippen molar-refractivity contribution < 1.29 is 14.3 Å². The molecule has 0 aliphatic carbocycles. The molecule has 2 aliphatic rings. The number of ether oxygens (including phenoxy) is 2. The Hall–Kier alpha value is -0.320. The van der Waals surface area contributed by atoms with Gasteiger partial charge in [0.15, 0.2) is 0 Å². The quantitative estimate of drug-likeness (QED) is 0.212. The Morgan fingerprint density at radius 2 is 1.48 bits per heavy atom. The Bertz CT molecular complexity index is 402. The van der Waals surface area contributed by atoms with E-state index in [1.807, 2.05) is 0 Å². The van der Waals surface area contributed by atoms with Gasteiger partial charge in [0, 0.05) is 13.0 Å². The summed E-state index contributed by atoms with van der Waals surface area (Å²) >= 11 is 0. The zero-order chi connectivity index (χ0) is 19.9. The van der Waals surface area contributed by atoms with Crippen LogP contribution in [0.15, 0.2) is 0 Å². The van der Waals surface area contributed by atoms with Crippen molar-refractivity contribution in [1.29, 1.82) is 0 Å². The average molecular weight is 432 g/mol. The first-order chi connectivity index (χ1) is 13.8. The molecule has 0 saturated carbocycles. The molecular weight excluding hydrogens is 386 g/mol. The smallest absolute Gasteiger partial charge is 0.305 e. The molecule has 5 heteroatoms. The molecule has 29 heavy (non-hydrogen) atoms. The van der Waals surface area contributed by atoms with Crippen molar-refractivity contribution in [1.82, 2.24) is 4.90 Å². The van der Waals surface area contributed by atoms with Crippen LogP contribution >= 0.6 is 12.4 Å². The molecule has 0 bridgehead atoms. The van der Waals surface area contributed by atoms with Gasteiger partial charge in [0.05, 0.1) is 12.2 Å². The second-order valence-corrected chi connectivity index (χ2v) is 8.88. The van der Waals surface area contributed by atoms with Crippen LogP contribution in [0.5, 0.6) is 0 Å². The topological polar surface area (TPSA) is 38.8 Å². The van der Waals surface area contributed by atoms with Gasteiger partial charge in [-0.3, -0.25) is 9.69 Å². The molecule has 0 spiro atoms. The number of esters is 1. The molecular formula is C24H46ClNO3. The number of likely N-dealkylation sites (tertiary alicyclic amines) is 1. The zero-order valence-corrected chi connectivity index (χ0v) is 19.7. The van der Waals surface area contributed by atoms with Crippen molar-refractivity contribution in [2.75, 3.05) is 26.2 Å². The fraction of sp³-hybridized carbons (Fsp3) is 0.958. The van der Waals surface area contributed by atoms with Gasteiger partial charge in [0.2, 0.25) is 0 Å². The fourth-order valence-electron chi connectivity index (χ4n) is 4.54. The minimum absolute atomic E-state index is 0. The number of nitrogens with zero attached hydrogens (tertiary/aromatic N) is 1. The zero-order valence-electron chi connectivity index (χ0n) is 18.9. The van der Waals surface area contributed by atoms with Gasteiger partial charge in [-0.05, 0) is 58.0 Å². The fourth-order valence-corrected chi connectivity index (χ4v) is 4.54. The van der Waals surface area contributed by atoms with Crippen LogP contribution in [0.25, 0.3) is 0 Å². The van der Waals surface area contributed by atoms with Gasteiger partial charge in [-0.1, -0.05) is 58.3 Å². The number of carbonyl (C=O) groups excluding carboxylic acids is 1. The van der Waals surface area contributed by atoms with Crippen LogP contribution in [0.1, 0.15) is 110 Å². The van der Waals surface area contributed by atoms with E-state index in [0.717, 1.165) is 19.4 Å². The lowest BCUT2D eigenvalue weighted by Gasteiger charge is -2.14. The standard InChI is InChI=1S/C24H45NO3.ClH/c1-2-3-8-13-22-16-17-23(28-22)14-9-6-4-5-7-10-15-24(26)27-21-20-25-18-11-12-19-25;/h22-23H,2-21H2,1H3;1H. The van der Waals surface area contributed by atoms with Gasteiger partial charge >= 0.3 is 5.97 Å². The Kier molecular flexibility index (Phi) is 16.0. The van der Waals surface area contributed by atoms with Crippen LogP contribution in [0.2, 0.25) is 0 Å². The minimum atomic E-state index is -0.00827. The van der Waals surface area contributed by atoms with E-state index < -0.39 is 0 Å². The molecule has 0 N–H and O–H groups in total. The molecule has 2 atom stereocenters. The van der Waals surface area contributed by atoms with Gasteiger partial charge < -0.3 is 9.47 Å². The number of hydrogen-bond donors (Lipinski definition) is 0. The van der Waals surface area contributed by atoms with Crippen molar-refractivity contribution in [3.63, 3.8) is 0 Å². The molecule has 2 heterocycles. The Morgan fingerprint density at radius 3 is 2.14 bits per heavy atom. The average Bonchev–Trinajstić information content (AvgIpc) is 3.36. The van der Waals surface area contributed by atoms with Crippen LogP contribution in [-0.4, -0.2) is 49.3 Å². The van der Waals surface area contributed by atoms with E-state index >= 15 is 0 Å². The Labute approximate surface area is 185 Å². The molecule has 4 nitrogen and oxygen atoms in total. The third-order valence-corrected chi connectivity index (χ3v) is 6.35. The number of hydrogen-bond acceptors (Lipinski definition) is 4. The first-order valence-electron chi connectivity index (χ1n) is 12.3. The summed E-state index contributed by atoms with van der Waals surface area (Å²) in [5, 5.41) is 0.